The maximum absolute atomic E-state index is 4.97. The SMILES string of the molecule is Cc1nnc(C2(C)C3CC4C5C6C7C8C9C%10CC%11CC%12C%13C%14C%15C%16C%17C(C3)C42C5%17C6%16C7%15C8%14C9%13C%11%10%12)s1. The zero-order chi connectivity index (χ0) is 21.3. The maximum atomic E-state index is 4.97. The Labute approximate surface area is 208 Å². The number of aryl methyl sites for hydroxylation is 1. The molecule has 0 N–H and O–H groups in total. The zero-order valence-corrected chi connectivity index (χ0v) is 21.2. The van der Waals surface area contributed by atoms with Crippen LogP contribution in [0.1, 0.15) is 42.6 Å². The molecule has 15 atom stereocenters. The number of nitrogens with zero attached hydrogens (tertiary/aromatic N) is 2. The molecule has 7 spiro atoms. The van der Waals surface area contributed by atoms with Crippen molar-refractivity contribution in [2.24, 2.45) is 133 Å². The molecule has 0 aliphatic heterocycles. The Hall–Kier alpha value is -0.440. The van der Waals surface area contributed by atoms with Gasteiger partial charge in [0, 0.05) is 5.41 Å². The third-order valence-corrected chi connectivity index (χ3v) is 23.2. The van der Waals surface area contributed by atoms with Crippen LogP contribution in [0.25, 0.3) is 0 Å². The highest BCUT2D eigenvalue weighted by molar-refractivity contribution is 7.11. The molecule has 17 rings (SSSR count). The normalized spacial score (nSPS) is 97.9. The number of hydrogen-bond donors (Lipinski definition) is 0. The highest BCUT2D eigenvalue weighted by Gasteiger charge is 3.31. The zero-order valence-electron chi connectivity index (χ0n) is 20.4. The lowest BCUT2D eigenvalue weighted by atomic mass is 8.71. The topological polar surface area (TPSA) is 25.8 Å². The fraction of sp³-hybridized carbons (Fsp3) is 0.938. The molecule has 16 saturated carbocycles. The Morgan fingerprint density at radius 1 is 0.571 bits per heavy atom. The molecule has 16 aliphatic carbocycles. The molecule has 15 unspecified atom stereocenters. The minimum Gasteiger partial charge on any atom is -0.144 e. The summed E-state index contributed by atoms with van der Waals surface area (Å²) in [7, 11) is 0. The van der Waals surface area contributed by atoms with Gasteiger partial charge < -0.3 is 0 Å². The van der Waals surface area contributed by atoms with Gasteiger partial charge in [0.15, 0.2) is 0 Å². The van der Waals surface area contributed by atoms with Gasteiger partial charge in [0.2, 0.25) is 0 Å². The molecule has 0 radical (unpaired) electrons. The molecule has 0 saturated heterocycles. The minimum atomic E-state index is 0.403. The summed E-state index contributed by atoms with van der Waals surface area (Å²) in [4.78, 5) is 0. The van der Waals surface area contributed by atoms with Crippen molar-refractivity contribution in [1.82, 2.24) is 10.2 Å². The van der Waals surface area contributed by atoms with E-state index in [4.69, 9.17) is 5.10 Å². The van der Waals surface area contributed by atoms with Gasteiger partial charge in [-0.1, -0.05) is 6.92 Å². The van der Waals surface area contributed by atoms with Crippen molar-refractivity contribution in [2.45, 2.75) is 44.9 Å². The third-order valence-electron chi connectivity index (χ3n) is 22.1. The van der Waals surface area contributed by atoms with Crippen LogP contribution in [0.15, 0.2) is 0 Å². The lowest BCUT2D eigenvalue weighted by molar-refractivity contribution is -0.869. The van der Waals surface area contributed by atoms with E-state index in [0.717, 1.165) is 50.2 Å². The fourth-order valence-electron chi connectivity index (χ4n) is 25.0. The van der Waals surface area contributed by atoms with E-state index in [1.165, 1.54) is 86.9 Å². The summed E-state index contributed by atoms with van der Waals surface area (Å²) in [5, 5.41) is 12.3. The molecule has 1 aromatic heterocycles. The van der Waals surface area contributed by atoms with Crippen molar-refractivity contribution in [1.29, 1.82) is 0 Å². The van der Waals surface area contributed by atoms with Crippen molar-refractivity contribution in [3.05, 3.63) is 10.0 Å². The number of hydrogen-bond acceptors (Lipinski definition) is 3. The summed E-state index contributed by atoms with van der Waals surface area (Å²) in [6.07, 6.45) is 6.60. The van der Waals surface area contributed by atoms with Crippen molar-refractivity contribution < 1.29 is 0 Å². The van der Waals surface area contributed by atoms with E-state index in [0.29, 0.717) is 10.8 Å². The first-order chi connectivity index (χ1) is 17.1. The smallest absolute Gasteiger partial charge is 0.124 e. The Morgan fingerprint density at radius 2 is 1.06 bits per heavy atom. The molecule has 174 valence electrons. The largest absolute Gasteiger partial charge is 0.144 e. The van der Waals surface area contributed by atoms with E-state index in [-0.39, 0.29) is 0 Å². The number of aromatic nitrogens is 2. The second kappa shape index (κ2) is 3.02. The molecule has 1 heterocycles. The summed E-state index contributed by atoms with van der Waals surface area (Å²) >= 11 is 2.00. The van der Waals surface area contributed by atoms with Crippen LogP contribution in [0.5, 0.6) is 0 Å². The van der Waals surface area contributed by atoms with Gasteiger partial charge in [-0.25, -0.2) is 0 Å². The second-order valence-corrected chi connectivity index (χ2v) is 19.7. The highest BCUT2D eigenvalue weighted by Crippen LogP contribution is 3.34. The molecule has 35 heavy (non-hydrogen) atoms. The molecular formula is C32H30N2S. The van der Waals surface area contributed by atoms with Crippen LogP contribution in [0.2, 0.25) is 0 Å². The monoisotopic (exact) mass is 474 g/mol. The molecular weight excluding hydrogens is 444 g/mol. The lowest BCUT2D eigenvalue weighted by Crippen LogP contribution is -3.30. The molecule has 16 fully saturated rings. The fourth-order valence-corrected chi connectivity index (χ4v) is 25.9. The summed E-state index contributed by atoms with van der Waals surface area (Å²) in [5.74, 6) is 19.7. The third kappa shape index (κ3) is 0.592. The second-order valence-electron chi connectivity index (χ2n) is 18.5. The summed E-state index contributed by atoms with van der Waals surface area (Å²) in [6.45, 7) is 4.98. The lowest BCUT2D eigenvalue weighted by Gasteiger charge is -3.32. The summed E-state index contributed by atoms with van der Waals surface area (Å²) < 4.78 is 0. The van der Waals surface area contributed by atoms with Crippen LogP contribution >= 0.6 is 11.3 Å². The standard InChI is InChI=1S/C32H30N2S/c1-7-33-34-24(35-7)25(2)8-3-12-16-20-22-18-14-10-5-9-6-11-15-19-23-21-17-13(4-8)27(12,25)29(16,17)31(20,21)32(22,23)30(18,19)28(14,15)26(9,10)11/h8-23H,3-6H2,1-2H3. The van der Waals surface area contributed by atoms with Gasteiger partial charge in [-0.3, -0.25) is 0 Å². The molecule has 2 nitrogen and oxygen atoms in total. The Kier molecular flexibility index (Phi) is 1.31. The first-order valence-electron chi connectivity index (χ1n) is 15.9. The average molecular weight is 475 g/mol. The Bertz CT molecular complexity index is 1570. The van der Waals surface area contributed by atoms with Gasteiger partial charge in [0.25, 0.3) is 0 Å². The summed E-state index contributed by atoms with van der Waals surface area (Å²) in [5.41, 5.74) is 6.93. The number of rotatable bonds is 1. The van der Waals surface area contributed by atoms with Gasteiger partial charge in [-0.2, -0.15) is 0 Å². The van der Waals surface area contributed by atoms with Gasteiger partial charge in [0.05, 0.1) is 0 Å². The number of fused-ring (bicyclic) bond motifs is 13. The van der Waals surface area contributed by atoms with Gasteiger partial charge in [0.1, 0.15) is 10.0 Å². The van der Waals surface area contributed by atoms with Crippen molar-refractivity contribution in [2.75, 3.05) is 0 Å². The van der Waals surface area contributed by atoms with E-state index in [9.17, 15) is 0 Å². The molecule has 0 aromatic carbocycles. The molecule has 1 aromatic rings. The van der Waals surface area contributed by atoms with E-state index in [2.05, 4.69) is 18.9 Å². The predicted molar refractivity (Wildman–Crippen MR) is 123 cm³/mol. The molecule has 16 aliphatic rings. The Morgan fingerprint density at radius 3 is 1.60 bits per heavy atom. The molecule has 3 heteroatoms. The molecule has 2 bridgehead atoms. The maximum Gasteiger partial charge on any atom is 0.124 e. The van der Waals surface area contributed by atoms with E-state index >= 15 is 0 Å². The van der Waals surface area contributed by atoms with Crippen LogP contribution in [0, 0.1) is 140 Å². The Balaban J connectivity index is 0.944. The van der Waals surface area contributed by atoms with Crippen LogP contribution in [0.3, 0.4) is 0 Å². The van der Waals surface area contributed by atoms with Crippen LogP contribution in [0.4, 0.5) is 0 Å². The van der Waals surface area contributed by atoms with E-state index in [1.54, 1.807) is 25.7 Å². The van der Waals surface area contributed by atoms with Gasteiger partial charge >= 0.3 is 0 Å². The predicted octanol–water partition coefficient (Wildman–Crippen LogP) is 4.65. The summed E-state index contributed by atoms with van der Waals surface area (Å²) in [6, 6.07) is 0. The quantitative estimate of drug-likeness (QED) is 0.592. The van der Waals surface area contributed by atoms with Gasteiger partial charge in [-0.15, -0.1) is 21.5 Å². The molecule has 0 amide bonds. The van der Waals surface area contributed by atoms with Crippen molar-refractivity contribution in [3.63, 3.8) is 0 Å². The van der Waals surface area contributed by atoms with Crippen LogP contribution in [-0.2, 0) is 5.41 Å². The van der Waals surface area contributed by atoms with Crippen molar-refractivity contribution >= 4 is 11.3 Å². The average Bonchev–Trinajstić information content (AvgIpc) is 3.36. The van der Waals surface area contributed by atoms with Crippen molar-refractivity contribution in [3.8, 4) is 0 Å². The first kappa shape index (κ1) is 15.2. The van der Waals surface area contributed by atoms with Crippen LogP contribution < -0.4 is 0 Å². The van der Waals surface area contributed by atoms with Gasteiger partial charge in [-0.05, 0) is 165 Å². The van der Waals surface area contributed by atoms with E-state index < -0.39 is 0 Å². The van der Waals surface area contributed by atoms with E-state index in [1.807, 2.05) is 11.3 Å². The minimum absolute atomic E-state index is 0.403. The first-order valence-corrected chi connectivity index (χ1v) is 16.8. The highest BCUT2D eigenvalue weighted by atomic mass is 32.1. The van der Waals surface area contributed by atoms with Crippen LogP contribution in [-0.4, -0.2) is 10.2 Å².